The summed E-state index contributed by atoms with van der Waals surface area (Å²) in [5.74, 6) is -0.833. The average molecular weight is 906 g/mol. The van der Waals surface area contributed by atoms with Crippen molar-refractivity contribution < 1.29 is 28.6 Å². The van der Waals surface area contributed by atoms with Gasteiger partial charge in [0.15, 0.2) is 6.10 Å². The van der Waals surface area contributed by atoms with Crippen molar-refractivity contribution in [3.63, 3.8) is 0 Å². The summed E-state index contributed by atoms with van der Waals surface area (Å²) in [4.78, 5) is 38.1. The van der Waals surface area contributed by atoms with Crippen LogP contribution in [-0.2, 0) is 28.6 Å². The Bertz CT molecular complexity index is 951. The van der Waals surface area contributed by atoms with E-state index in [0.29, 0.717) is 19.3 Å². The lowest BCUT2D eigenvalue weighted by molar-refractivity contribution is -0.167. The number of hydrogen-bond donors (Lipinski definition) is 0. The summed E-state index contributed by atoms with van der Waals surface area (Å²) in [6, 6.07) is 0. The van der Waals surface area contributed by atoms with Crippen LogP contribution < -0.4 is 0 Å². The molecule has 0 saturated carbocycles. The molecule has 0 aliphatic rings. The standard InChI is InChI=1S/C58H112O6/c1-4-7-10-13-16-19-22-25-27-28-29-30-32-34-37-40-43-46-49-52-58(61)64-55(53-62-56(59)50-47-44-41-38-35-24-21-18-15-12-9-6-3)54-63-57(60)51-48-45-42-39-36-33-31-26-23-20-17-14-11-8-5-2/h55H,4-54H2,1-3H3/t55-/m1/s1. The molecule has 380 valence electrons. The molecule has 0 radical (unpaired) electrons. The molecule has 1 atom stereocenters. The van der Waals surface area contributed by atoms with Gasteiger partial charge < -0.3 is 14.2 Å². The largest absolute Gasteiger partial charge is 0.462 e. The van der Waals surface area contributed by atoms with Crippen LogP contribution in [0.15, 0.2) is 0 Å². The van der Waals surface area contributed by atoms with Crippen LogP contribution in [0.4, 0.5) is 0 Å². The van der Waals surface area contributed by atoms with Crippen LogP contribution in [0.3, 0.4) is 0 Å². The molecule has 0 aromatic carbocycles. The van der Waals surface area contributed by atoms with E-state index < -0.39 is 6.10 Å². The van der Waals surface area contributed by atoms with Gasteiger partial charge in [0.05, 0.1) is 0 Å². The molecule has 0 spiro atoms. The van der Waals surface area contributed by atoms with Crippen LogP contribution in [0.5, 0.6) is 0 Å². The van der Waals surface area contributed by atoms with E-state index in [-0.39, 0.29) is 31.1 Å². The number of rotatable bonds is 54. The molecule has 0 rings (SSSR count). The molecule has 0 bridgehead atoms. The number of ether oxygens (including phenoxy) is 3. The Hall–Kier alpha value is -1.59. The van der Waals surface area contributed by atoms with E-state index in [1.807, 2.05) is 0 Å². The molecule has 0 aromatic heterocycles. The molecule has 0 unspecified atom stereocenters. The maximum Gasteiger partial charge on any atom is 0.306 e. The highest BCUT2D eigenvalue weighted by Crippen LogP contribution is 2.18. The van der Waals surface area contributed by atoms with Crippen molar-refractivity contribution in [2.45, 2.75) is 341 Å². The Morgan fingerprint density at radius 1 is 0.250 bits per heavy atom. The second-order valence-electron chi connectivity index (χ2n) is 19.9. The van der Waals surface area contributed by atoms with E-state index in [1.54, 1.807) is 0 Å². The van der Waals surface area contributed by atoms with Gasteiger partial charge in [0.2, 0.25) is 0 Å². The van der Waals surface area contributed by atoms with E-state index in [2.05, 4.69) is 20.8 Å². The van der Waals surface area contributed by atoms with Gasteiger partial charge in [0, 0.05) is 19.3 Å². The number of unbranched alkanes of at least 4 members (excludes halogenated alkanes) is 43. The van der Waals surface area contributed by atoms with Gasteiger partial charge in [0.1, 0.15) is 13.2 Å². The number of hydrogen-bond acceptors (Lipinski definition) is 6. The first-order chi connectivity index (χ1) is 31.5. The second kappa shape index (κ2) is 54.0. The molecule has 0 aliphatic heterocycles. The van der Waals surface area contributed by atoms with Crippen LogP contribution in [0.2, 0.25) is 0 Å². The Balaban J connectivity index is 4.26. The van der Waals surface area contributed by atoms with Crippen molar-refractivity contribution in [1.29, 1.82) is 0 Å². The predicted octanol–water partition coefficient (Wildman–Crippen LogP) is 19.2. The quantitative estimate of drug-likeness (QED) is 0.0344. The van der Waals surface area contributed by atoms with Crippen molar-refractivity contribution in [2.75, 3.05) is 13.2 Å². The smallest absolute Gasteiger partial charge is 0.306 e. The molecular weight excluding hydrogens is 793 g/mol. The fraction of sp³-hybridized carbons (Fsp3) is 0.948. The van der Waals surface area contributed by atoms with Gasteiger partial charge in [-0.25, -0.2) is 0 Å². The first-order valence-electron chi connectivity index (χ1n) is 29.0. The lowest BCUT2D eigenvalue weighted by Gasteiger charge is -2.18. The summed E-state index contributed by atoms with van der Waals surface area (Å²) in [7, 11) is 0. The van der Waals surface area contributed by atoms with Gasteiger partial charge in [-0.1, -0.05) is 297 Å². The van der Waals surface area contributed by atoms with Crippen LogP contribution >= 0.6 is 0 Å². The van der Waals surface area contributed by atoms with Gasteiger partial charge in [-0.2, -0.15) is 0 Å². The zero-order valence-corrected chi connectivity index (χ0v) is 43.6. The molecule has 0 heterocycles. The summed E-state index contributed by atoms with van der Waals surface area (Å²) < 4.78 is 16.9. The lowest BCUT2D eigenvalue weighted by atomic mass is 10.0. The highest BCUT2D eigenvalue weighted by atomic mass is 16.6. The lowest BCUT2D eigenvalue weighted by Crippen LogP contribution is -2.30. The zero-order chi connectivity index (χ0) is 46.5. The van der Waals surface area contributed by atoms with Crippen molar-refractivity contribution in [1.82, 2.24) is 0 Å². The minimum atomic E-state index is -0.760. The maximum atomic E-state index is 12.8. The first-order valence-corrected chi connectivity index (χ1v) is 29.0. The Kier molecular flexibility index (Phi) is 52.7. The highest BCUT2D eigenvalue weighted by Gasteiger charge is 2.19. The van der Waals surface area contributed by atoms with Crippen molar-refractivity contribution in [2.24, 2.45) is 0 Å². The monoisotopic (exact) mass is 905 g/mol. The molecule has 64 heavy (non-hydrogen) atoms. The maximum absolute atomic E-state index is 12.8. The Labute approximate surface area is 399 Å². The summed E-state index contributed by atoms with van der Waals surface area (Å²) in [6.45, 7) is 6.70. The molecule has 0 aromatic rings. The van der Waals surface area contributed by atoms with E-state index in [1.165, 1.54) is 238 Å². The normalized spacial score (nSPS) is 11.9. The van der Waals surface area contributed by atoms with Crippen LogP contribution in [0, 0.1) is 0 Å². The minimum absolute atomic E-state index is 0.0611. The highest BCUT2D eigenvalue weighted by molar-refractivity contribution is 5.71. The fourth-order valence-corrected chi connectivity index (χ4v) is 8.98. The summed E-state index contributed by atoms with van der Waals surface area (Å²) in [6.07, 6.45) is 59.5. The van der Waals surface area contributed by atoms with Crippen molar-refractivity contribution >= 4 is 17.9 Å². The van der Waals surface area contributed by atoms with Crippen molar-refractivity contribution in [3.8, 4) is 0 Å². The third-order valence-corrected chi connectivity index (χ3v) is 13.4. The number of carbonyl (C=O) groups excluding carboxylic acids is 3. The molecule has 6 nitrogen and oxygen atoms in total. The average Bonchev–Trinajstić information content (AvgIpc) is 3.29. The SMILES string of the molecule is CCCCCCCCCCCCCCCCCCCCCC(=O)O[C@H](COC(=O)CCCCCCCCCCCCCC)COC(=O)CCCCCCCCCCCCCCCCC. The van der Waals surface area contributed by atoms with Gasteiger partial charge >= 0.3 is 17.9 Å². The Morgan fingerprint density at radius 3 is 0.625 bits per heavy atom. The minimum Gasteiger partial charge on any atom is -0.462 e. The van der Waals surface area contributed by atoms with Crippen molar-refractivity contribution in [3.05, 3.63) is 0 Å². The summed E-state index contributed by atoms with van der Waals surface area (Å²) >= 11 is 0. The van der Waals surface area contributed by atoms with Crippen LogP contribution in [-0.4, -0.2) is 37.2 Å². The summed E-state index contributed by atoms with van der Waals surface area (Å²) in [5.41, 5.74) is 0. The zero-order valence-electron chi connectivity index (χ0n) is 43.6. The number of esters is 3. The molecule has 0 amide bonds. The summed E-state index contributed by atoms with van der Waals surface area (Å²) in [5, 5.41) is 0. The van der Waals surface area contributed by atoms with Gasteiger partial charge in [-0.05, 0) is 19.3 Å². The first kappa shape index (κ1) is 62.4. The van der Waals surface area contributed by atoms with Gasteiger partial charge in [-0.15, -0.1) is 0 Å². The van der Waals surface area contributed by atoms with E-state index in [4.69, 9.17) is 14.2 Å². The topological polar surface area (TPSA) is 78.9 Å². The number of carbonyl (C=O) groups is 3. The van der Waals surface area contributed by atoms with E-state index >= 15 is 0 Å². The third-order valence-electron chi connectivity index (χ3n) is 13.4. The molecule has 0 aliphatic carbocycles. The predicted molar refractivity (Wildman–Crippen MR) is 275 cm³/mol. The van der Waals surface area contributed by atoms with E-state index in [0.717, 1.165) is 57.8 Å². The van der Waals surface area contributed by atoms with Gasteiger partial charge in [0.25, 0.3) is 0 Å². The molecular formula is C58H112O6. The molecule has 0 fully saturated rings. The fourth-order valence-electron chi connectivity index (χ4n) is 8.98. The second-order valence-corrected chi connectivity index (χ2v) is 19.9. The van der Waals surface area contributed by atoms with Crippen LogP contribution in [0.25, 0.3) is 0 Å². The molecule has 0 N–H and O–H groups in total. The Morgan fingerprint density at radius 2 is 0.422 bits per heavy atom. The van der Waals surface area contributed by atoms with Crippen LogP contribution in [0.1, 0.15) is 335 Å². The third kappa shape index (κ3) is 51.4. The molecule has 6 heteroatoms. The molecule has 0 saturated heterocycles. The van der Waals surface area contributed by atoms with Gasteiger partial charge in [-0.3, -0.25) is 14.4 Å². The van der Waals surface area contributed by atoms with E-state index in [9.17, 15) is 14.4 Å².